The Morgan fingerprint density at radius 1 is 1.09 bits per heavy atom. The molecule has 0 spiro atoms. The maximum absolute atomic E-state index is 6.20. The third kappa shape index (κ3) is 3.77. The fourth-order valence-corrected chi connectivity index (χ4v) is 2.80. The first kappa shape index (κ1) is 16.3. The highest BCUT2D eigenvalue weighted by Crippen LogP contribution is 2.29. The molecule has 0 aliphatic heterocycles. The number of anilines is 1. The highest BCUT2D eigenvalue weighted by molar-refractivity contribution is 5.77. The molecule has 0 heterocycles. The zero-order valence-corrected chi connectivity index (χ0v) is 13.4. The summed E-state index contributed by atoms with van der Waals surface area (Å²) < 4.78 is 0. The molecule has 2 heteroatoms. The monoisotopic (exact) mass is 294 g/mol. The molecule has 2 aromatic rings. The Kier molecular flexibility index (Phi) is 5.79. The molecular formula is C20H26N2. The Bertz CT molecular complexity index is 644. The fraction of sp³-hybridized carbons (Fsp3) is 0.300. The average molecular weight is 294 g/mol. The van der Waals surface area contributed by atoms with Crippen molar-refractivity contribution in [3.63, 3.8) is 0 Å². The summed E-state index contributed by atoms with van der Waals surface area (Å²) in [6.45, 7) is 6.76. The lowest BCUT2D eigenvalue weighted by atomic mass is 9.94. The molecule has 0 unspecified atom stereocenters. The molecule has 4 N–H and O–H groups in total. The lowest BCUT2D eigenvalue weighted by Gasteiger charge is -2.13. The smallest absolute Gasteiger partial charge is 0.0393 e. The molecule has 0 bridgehead atoms. The van der Waals surface area contributed by atoms with Gasteiger partial charge in [0.05, 0.1) is 0 Å². The van der Waals surface area contributed by atoms with Crippen molar-refractivity contribution in [2.45, 2.75) is 32.6 Å². The van der Waals surface area contributed by atoms with Gasteiger partial charge in [-0.15, -0.1) is 6.58 Å². The van der Waals surface area contributed by atoms with Crippen molar-refractivity contribution in [2.75, 3.05) is 12.3 Å². The molecule has 2 aromatic carbocycles. The second kappa shape index (κ2) is 7.81. The van der Waals surface area contributed by atoms with Crippen molar-refractivity contribution in [3.05, 3.63) is 65.7 Å². The van der Waals surface area contributed by atoms with Crippen molar-refractivity contribution in [1.82, 2.24) is 0 Å². The molecule has 0 amide bonds. The van der Waals surface area contributed by atoms with E-state index in [1.807, 2.05) is 12.1 Å². The SMILES string of the molecule is C=CCc1cc(-c2cc(CCCN)ccc2N)ccc1CC. The summed E-state index contributed by atoms with van der Waals surface area (Å²) in [6, 6.07) is 12.9. The van der Waals surface area contributed by atoms with E-state index in [4.69, 9.17) is 11.5 Å². The van der Waals surface area contributed by atoms with E-state index in [9.17, 15) is 0 Å². The van der Waals surface area contributed by atoms with Gasteiger partial charge in [-0.3, -0.25) is 0 Å². The lowest BCUT2D eigenvalue weighted by molar-refractivity contribution is 0.833. The Balaban J connectivity index is 2.41. The molecule has 0 radical (unpaired) electrons. The largest absolute Gasteiger partial charge is 0.398 e. The van der Waals surface area contributed by atoms with Gasteiger partial charge in [-0.05, 0) is 66.6 Å². The number of allylic oxidation sites excluding steroid dienone is 1. The third-order valence-corrected chi connectivity index (χ3v) is 4.05. The van der Waals surface area contributed by atoms with Crippen LogP contribution < -0.4 is 11.5 Å². The molecule has 0 aliphatic carbocycles. The number of benzene rings is 2. The van der Waals surface area contributed by atoms with Gasteiger partial charge in [0.25, 0.3) is 0 Å². The van der Waals surface area contributed by atoms with Crippen LogP contribution in [-0.4, -0.2) is 6.54 Å². The second-order valence-electron chi connectivity index (χ2n) is 5.64. The predicted octanol–water partition coefficient (Wildman–Crippen LogP) is 4.12. The van der Waals surface area contributed by atoms with Gasteiger partial charge in [0.1, 0.15) is 0 Å². The Labute approximate surface area is 133 Å². The standard InChI is InChI=1S/C20H26N2/c1-3-6-17-14-18(10-9-16(17)4-2)19-13-15(7-5-12-21)8-11-20(19)22/h3,8-11,13-14H,1,4-7,12,21-22H2,2H3. The third-order valence-electron chi connectivity index (χ3n) is 4.05. The average Bonchev–Trinajstić information content (AvgIpc) is 2.54. The van der Waals surface area contributed by atoms with E-state index in [0.717, 1.165) is 36.9 Å². The Hall–Kier alpha value is -2.06. The summed E-state index contributed by atoms with van der Waals surface area (Å²) in [5, 5.41) is 0. The molecule has 0 saturated heterocycles. The van der Waals surface area contributed by atoms with Gasteiger partial charge in [-0.2, -0.15) is 0 Å². The maximum Gasteiger partial charge on any atom is 0.0393 e. The molecule has 0 fully saturated rings. The highest BCUT2D eigenvalue weighted by Gasteiger charge is 2.07. The summed E-state index contributed by atoms with van der Waals surface area (Å²) in [5.74, 6) is 0. The number of hydrogen-bond acceptors (Lipinski definition) is 2. The van der Waals surface area contributed by atoms with Gasteiger partial charge in [-0.1, -0.05) is 37.3 Å². The molecule has 0 saturated carbocycles. The minimum atomic E-state index is 0.717. The van der Waals surface area contributed by atoms with E-state index in [2.05, 4.69) is 43.8 Å². The van der Waals surface area contributed by atoms with Crippen molar-refractivity contribution >= 4 is 5.69 Å². The van der Waals surface area contributed by atoms with Crippen molar-refractivity contribution in [3.8, 4) is 11.1 Å². The van der Waals surface area contributed by atoms with Gasteiger partial charge >= 0.3 is 0 Å². The van der Waals surface area contributed by atoms with Crippen LogP contribution in [0.15, 0.2) is 49.1 Å². The highest BCUT2D eigenvalue weighted by atomic mass is 14.6. The molecule has 0 aromatic heterocycles. The van der Waals surface area contributed by atoms with Crippen LogP contribution in [0.4, 0.5) is 5.69 Å². The van der Waals surface area contributed by atoms with Crippen LogP contribution >= 0.6 is 0 Å². The number of hydrogen-bond donors (Lipinski definition) is 2. The quantitative estimate of drug-likeness (QED) is 0.596. The topological polar surface area (TPSA) is 52.0 Å². The molecule has 0 aliphatic rings. The summed E-state index contributed by atoms with van der Waals surface area (Å²) in [5.41, 5.74) is 18.9. The minimum Gasteiger partial charge on any atom is -0.398 e. The molecular weight excluding hydrogens is 268 g/mol. The molecule has 0 atom stereocenters. The maximum atomic E-state index is 6.20. The predicted molar refractivity (Wildman–Crippen MR) is 96.9 cm³/mol. The molecule has 22 heavy (non-hydrogen) atoms. The van der Waals surface area contributed by atoms with E-state index >= 15 is 0 Å². The van der Waals surface area contributed by atoms with Crippen LogP contribution in [0.2, 0.25) is 0 Å². The van der Waals surface area contributed by atoms with Crippen molar-refractivity contribution in [2.24, 2.45) is 5.73 Å². The molecule has 2 nitrogen and oxygen atoms in total. The minimum absolute atomic E-state index is 0.717. The first-order valence-corrected chi connectivity index (χ1v) is 8.01. The van der Waals surface area contributed by atoms with E-state index in [1.165, 1.54) is 22.3 Å². The second-order valence-corrected chi connectivity index (χ2v) is 5.64. The first-order valence-electron chi connectivity index (χ1n) is 8.01. The lowest BCUT2D eigenvalue weighted by Crippen LogP contribution is -2.01. The van der Waals surface area contributed by atoms with Crippen LogP contribution in [0.25, 0.3) is 11.1 Å². The van der Waals surface area contributed by atoms with Crippen LogP contribution in [0.3, 0.4) is 0 Å². The summed E-state index contributed by atoms with van der Waals surface area (Å²) >= 11 is 0. The number of nitrogen functional groups attached to an aromatic ring is 1. The number of nitrogens with two attached hydrogens (primary N) is 2. The number of aryl methyl sites for hydroxylation is 2. The van der Waals surface area contributed by atoms with E-state index in [-0.39, 0.29) is 0 Å². The Morgan fingerprint density at radius 3 is 2.59 bits per heavy atom. The van der Waals surface area contributed by atoms with E-state index in [0.29, 0.717) is 6.54 Å². The molecule has 116 valence electrons. The Morgan fingerprint density at radius 2 is 1.91 bits per heavy atom. The van der Waals surface area contributed by atoms with Crippen LogP contribution in [0, 0.1) is 0 Å². The zero-order chi connectivity index (χ0) is 15.9. The van der Waals surface area contributed by atoms with Gasteiger partial charge < -0.3 is 11.5 Å². The van der Waals surface area contributed by atoms with Gasteiger partial charge in [0, 0.05) is 11.3 Å². The van der Waals surface area contributed by atoms with Crippen LogP contribution in [0.5, 0.6) is 0 Å². The van der Waals surface area contributed by atoms with Crippen LogP contribution in [-0.2, 0) is 19.3 Å². The summed E-state index contributed by atoms with van der Waals surface area (Å²) in [7, 11) is 0. The van der Waals surface area contributed by atoms with Crippen molar-refractivity contribution in [1.29, 1.82) is 0 Å². The van der Waals surface area contributed by atoms with Gasteiger partial charge in [0.2, 0.25) is 0 Å². The molecule has 2 rings (SSSR count). The van der Waals surface area contributed by atoms with Gasteiger partial charge in [0.15, 0.2) is 0 Å². The van der Waals surface area contributed by atoms with Crippen LogP contribution in [0.1, 0.15) is 30.0 Å². The van der Waals surface area contributed by atoms with Crippen molar-refractivity contribution < 1.29 is 0 Å². The fourth-order valence-electron chi connectivity index (χ4n) is 2.80. The van der Waals surface area contributed by atoms with E-state index in [1.54, 1.807) is 0 Å². The van der Waals surface area contributed by atoms with E-state index < -0.39 is 0 Å². The normalized spacial score (nSPS) is 10.6. The summed E-state index contributed by atoms with van der Waals surface area (Å²) in [4.78, 5) is 0. The van der Waals surface area contributed by atoms with Gasteiger partial charge in [-0.25, -0.2) is 0 Å². The zero-order valence-electron chi connectivity index (χ0n) is 13.4. The first-order chi connectivity index (χ1) is 10.7. The number of rotatable bonds is 7. The summed E-state index contributed by atoms with van der Waals surface area (Å²) in [6.07, 6.45) is 5.88.